The van der Waals surface area contributed by atoms with Crippen LogP contribution in [0.15, 0.2) is 18.2 Å². The second kappa shape index (κ2) is 2.90. The van der Waals surface area contributed by atoms with Crippen LogP contribution in [0.25, 0.3) is 0 Å². The van der Waals surface area contributed by atoms with Crippen LogP contribution in [0.4, 0.5) is 13.2 Å². The van der Waals surface area contributed by atoms with Crippen molar-refractivity contribution in [3.8, 4) is 12.3 Å². The van der Waals surface area contributed by atoms with Gasteiger partial charge in [-0.2, -0.15) is 13.2 Å². The zero-order valence-electron chi connectivity index (χ0n) is 5.94. The van der Waals surface area contributed by atoms with Gasteiger partial charge in [-0.1, -0.05) is 12.0 Å². The maximum Gasteiger partial charge on any atom is 0.417 e. The fourth-order valence-electron chi connectivity index (χ4n) is 0.720. The van der Waals surface area contributed by atoms with Gasteiger partial charge >= 0.3 is 6.18 Å². The van der Waals surface area contributed by atoms with Crippen molar-refractivity contribution in [2.75, 3.05) is 0 Å². The average molecular weight is 169 g/mol. The standard InChI is InChI=1S/C9H4F3/c1-2-7-4-3-5-8(6-7)9(10,11)12/h1,3-4,6H. The Morgan fingerprint density at radius 1 is 1.42 bits per heavy atom. The summed E-state index contributed by atoms with van der Waals surface area (Å²) in [5, 5.41) is 0. The minimum Gasteiger partial charge on any atom is -0.166 e. The zero-order valence-corrected chi connectivity index (χ0v) is 5.94. The summed E-state index contributed by atoms with van der Waals surface area (Å²) in [6, 6.07) is 5.51. The van der Waals surface area contributed by atoms with Crippen LogP contribution in [-0.2, 0) is 6.18 Å². The number of hydrogen-bond donors (Lipinski definition) is 0. The van der Waals surface area contributed by atoms with Crippen molar-refractivity contribution in [2.45, 2.75) is 6.18 Å². The monoisotopic (exact) mass is 169 g/mol. The van der Waals surface area contributed by atoms with Crippen LogP contribution < -0.4 is 0 Å². The molecule has 0 aromatic heterocycles. The van der Waals surface area contributed by atoms with Crippen molar-refractivity contribution < 1.29 is 13.2 Å². The third-order valence-corrected chi connectivity index (χ3v) is 1.27. The molecule has 1 aromatic rings. The quantitative estimate of drug-likeness (QED) is 0.523. The van der Waals surface area contributed by atoms with Gasteiger partial charge in [-0.3, -0.25) is 0 Å². The molecule has 0 fully saturated rings. The molecule has 1 radical (unpaired) electrons. The summed E-state index contributed by atoms with van der Waals surface area (Å²) < 4.78 is 36.0. The van der Waals surface area contributed by atoms with Crippen molar-refractivity contribution in [2.24, 2.45) is 0 Å². The molecule has 0 aliphatic carbocycles. The zero-order chi connectivity index (χ0) is 9.19. The van der Waals surface area contributed by atoms with Gasteiger partial charge in [0.25, 0.3) is 0 Å². The predicted molar refractivity (Wildman–Crippen MR) is 38.2 cm³/mol. The smallest absolute Gasteiger partial charge is 0.166 e. The van der Waals surface area contributed by atoms with Crippen molar-refractivity contribution in [3.63, 3.8) is 0 Å². The predicted octanol–water partition coefficient (Wildman–Crippen LogP) is 2.49. The van der Waals surface area contributed by atoms with E-state index in [0.717, 1.165) is 12.1 Å². The SMILES string of the molecule is C#Cc1cc[c]c(C(F)(F)F)c1. The molecule has 1 aromatic carbocycles. The Hall–Kier alpha value is -1.43. The van der Waals surface area contributed by atoms with E-state index in [0.29, 0.717) is 0 Å². The first kappa shape index (κ1) is 8.66. The Labute approximate surface area is 68.0 Å². The molecule has 12 heavy (non-hydrogen) atoms. The molecule has 0 bridgehead atoms. The van der Waals surface area contributed by atoms with Crippen LogP contribution in [-0.4, -0.2) is 0 Å². The molecule has 0 atom stereocenters. The van der Waals surface area contributed by atoms with Gasteiger partial charge in [-0.15, -0.1) is 6.42 Å². The van der Waals surface area contributed by atoms with Gasteiger partial charge in [0.15, 0.2) is 0 Å². The second-order valence-electron chi connectivity index (χ2n) is 2.13. The highest BCUT2D eigenvalue weighted by molar-refractivity contribution is 5.35. The Kier molecular flexibility index (Phi) is 2.09. The topological polar surface area (TPSA) is 0 Å². The normalized spacial score (nSPS) is 10.8. The van der Waals surface area contributed by atoms with Crippen molar-refractivity contribution in [1.82, 2.24) is 0 Å². The van der Waals surface area contributed by atoms with E-state index in [4.69, 9.17) is 6.42 Å². The van der Waals surface area contributed by atoms with Gasteiger partial charge in [0, 0.05) is 5.56 Å². The minimum atomic E-state index is -4.37. The molecule has 0 saturated carbocycles. The number of terminal acetylenes is 1. The van der Waals surface area contributed by atoms with Crippen LogP contribution >= 0.6 is 0 Å². The van der Waals surface area contributed by atoms with Crippen LogP contribution in [0.3, 0.4) is 0 Å². The number of hydrogen-bond acceptors (Lipinski definition) is 0. The van der Waals surface area contributed by atoms with Gasteiger partial charge in [-0.25, -0.2) is 0 Å². The molecule has 3 heteroatoms. The summed E-state index contributed by atoms with van der Waals surface area (Å²) >= 11 is 0. The molecule has 0 N–H and O–H groups in total. The van der Waals surface area contributed by atoms with Gasteiger partial charge in [0.1, 0.15) is 0 Å². The van der Waals surface area contributed by atoms with Gasteiger partial charge in [0.2, 0.25) is 0 Å². The summed E-state index contributed by atoms with van der Waals surface area (Å²) in [4.78, 5) is 0. The first-order chi connectivity index (χ1) is 5.54. The van der Waals surface area contributed by atoms with Crippen molar-refractivity contribution in [3.05, 3.63) is 35.4 Å². The number of halogens is 3. The van der Waals surface area contributed by atoms with E-state index in [2.05, 4.69) is 12.0 Å². The van der Waals surface area contributed by atoms with E-state index in [1.165, 1.54) is 6.07 Å². The molecule has 0 heterocycles. The van der Waals surface area contributed by atoms with E-state index in [1.807, 2.05) is 0 Å². The number of rotatable bonds is 0. The van der Waals surface area contributed by atoms with Crippen LogP contribution in [0.2, 0.25) is 0 Å². The Morgan fingerprint density at radius 3 is 2.58 bits per heavy atom. The molecular weight excluding hydrogens is 165 g/mol. The molecule has 0 aliphatic rings. The lowest BCUT2D eigenvalue weighted by atomic mass is 10.1. The maximum absolute atomic E-state index is 12.0. The lowest BCUT2D eigenvalue weighted by molar-refractivity contribution is -0.137. The summed E-state index contributed by atoms with van der Waals surface area (Å²) in [6.07, 6.45) is 0.563. The highest BCUT2D eigenvalue weighted by atomic mass is 19.4. The number of benzene rings is 1. The Balaban J connectivity index is 3.13. The summed E-state index contributed by atoms with van der Waals surface area (Å²) in [5.41, 5.74) is -0.626. The molecule has 0 saturated heterocycles. The van der Waals surface area contributed by atoms with Gasteiger partial charge < -0.3 is 0 Å². The molecule has 0 amide bonds. The minimum absolute atomic E-state index is 0.209. The van der Waals surface area contributed by atoms with Crippen LogP contribution in [0.1, 0.15) is 11.1 Å². The summed E-state index contributed by atoms with van der Waals surface area (Å²) in [7, 11) is 0. The molecular formula is C9H4F3. The van der Waals surface area contributed by atoms with E-state index >= 15 is 0 Å². The molecule has 0 unspecified atom stereocenters. The molecule has 1 rings (SSSR count). The fraction of sp³-hybridized carbons (Fsp3) is 0.111. The first-order valence-corrected chi connectivity index (χ1v) is 3.09. The largest absolute Gasteiger partial charge is 0.417 e. The third-order valence-electron chi connectivity index (χ3n) is 1.27. The highest BCUT2D eigenvalue weighted by Crippen LogP contribution is 2.28. The van der Waals surface area contributed by atoms with Gasteiger partial charge in [0.05, 0.1) is 5.56 Å². The van der Waals surface area contributed by atoms with Crippen LogP contribution in [0.5, 0.6) is 0 Å². The lowest BCUT2D eigenvalue weighted by Gasteiger charge is -2.05. The average Bonchev–Trinajstić information content (AvgIpc) is 2.03. The summed E-state index contributed by atoms with van der Waals surface area (Å²) in [5.74, 6) is 2.12. The highest BCUT2D eigenvalue weighted by Gasteiger charge is 2.30. The van der Waals surface area contributed by atoms with Crippen molar-refractivity contribution >= 4 is 0 Å². The first-order valence-electron chi connectivity index (χ1n) is 3.09. The molecule has 0 aliphatic heterocycles. The number of alkyl halides is 3. The molecule has 0 nitrogen and oxygen atoms in total. The maximum atomic E-state index is 12.0. The fourth-order valence-corrected chi connectivity index (χ4v) is 0.720. The lowest BCUT2D eigenvalue weighted by Crippen LogP contribution is -2.04. The van der Waals surface area contributed by atoms with Gasteiger partial charge in [-0.05, 0) is 18.2 Å². The van der Waals surface area contributed by atoms with Crippen molar-refractivity contribution in [1.29, 1.82) is 0 Å². The summed E-state index contributed by atoms with van der Waals surface area (Å²) in [6.45, 7) is 0. The second-order valence-corrected chi connectivity index (χ2v) is 2.13. The molecule has 0 spiro atoms. The Bertz CT molecular complexity index is 317. The van der Waals surface area contributed by atoms with E-state index in [9.17, 15) is 13.2 Å². The van der Waals surface area contributed by atoms with Crippen LogP contribution in [0, 0.1) is 18.4 Å². The third kappa shape index (κ3) is 1.79. The molecule has 61 valence electrons. The van der Waals surface area contributed by atoms with E-state index < -0.39 is 11.7 Å². The Morgan fingerprint density at radius 2 is 2.08 bits per heavy atom. The van der Waals surface area contributed by atoms with E-state index in [1.54, 1.807) is 0 Å². The van der Waals surface area contributed by atoms with E-state index in [-0.39, 0.29) is 5.56 Å².